The summed E-state index contributed by atoms with van der Waals surface area (Å²) in [6, 6.07) is 15.3. The zero-order chi connectivity index (χ0) is 29.1. The second-order valence-electron chi connectivity index (χ2n) is 8.44. The van der Waals surface area contributed by atoms with Crippen molar-refractivity contribution < 1.29 is 40.7 Å². The Labute approximate surface area is 222 Å². The quantitative estimate of drug-likeness (QED) is 0.231. The third-order valence-corrected chi connectivity index (χ3v) is 5.67. The molecule has 0 aliphatic carbocycles. The molecule has 3 amide bonds. The van der Waals surface area contributed by atoms with Crippen LogP contribution in [-0.4, -0.2) is 27.5 Å². The number of nitrogens with zero attached hydrogens (tertiary/aromatic N) is 2. The molecule has 4 rings (SSSR count). The highest BCUT2D eigenvalue weighted by molar-refractivity contribution is 6.14. The van der Waals surface area contributed by atoms with E-state index in [4.69, 9.17) is 0 Å². The van der Waals surface area contributed by atoms with Gasteiger partial charge in [-0.15, -0.1) is 0 Å². The Kier molecular flexibility index (Phi) is 7.75. The van der Waals surface area contributed by atoms with Crippen LogP contribution < -0.4 is 10.6 Å². The summed E-state index contributed by atoms with van der Waals surface area (Å²) in [5, 5.41) is 8.59. The molecule has 1 aromatic heterocycles. The number of anilines is 1. The van der Waals surface area contributed by atoms with E-state index in [1.54, 1.807) is 30.3 Å². The largest absolute Gasteiger partial charge is 0.416 e. The molecule has 0 spiro atoms. The summed E-state index contributed by atoms with van der Waals surface area (Å²) in [5.74, 6) is -3.04. The van der Waals surface area contributed by atoms with Crippen molar-refractivity contribution in [3.63, 3.8) is 0 Å². The summed E-state index contributed by atoms with van der Waals surface area (Å²) in [5.41, 5.74) is -1.85. The van der Waals surface area contributed by atoms with Gasteiger partial charge in [0, 0.05) is 11.1 Å². The molecule has 0 aliphatic rings. The third-order valence-electron chi connectivity index (χ3n) is 5.67. The second-order valence-corrected chi connectivity index (χ2v) is 8.44. The molecule has 13 heteroatoms. The van der Waals surface area contributed by atoms with Gasteiger partial charge in [-0.3, -0.25) is 19.7 Å². The Morgan fingerprint density at radius 3 is 1.68 bits per heavy atom. The van der Waals surface area contributed by atoms with Crippen LogP contribution >= 0.6 is 0 Å². The van der Waals surface area contributed by atoms with Gasteiger partial charge in [0.2, 0.25) is 0 Å². The lowest BCUT2D eigenvalue weighted by atomic mass is 10.1. The summed E-state index contributed by atoms with van der Waals surface area (Å²) < 4.78 is 78.3. The van der Waals surface area contributed by atoms with E-state index in [0.717, 1.165) is 48.2 Å². The van der Waals surface area contributed by atoms with Crippen molar-refractivity contribution in [2.24, 2.45) is 0 Å². The first-order valence-corrected chi connectivity index (χ1v) is 11.4. The maximum Gasteiger partial charge on any atom is 0.416 e. The van der Waals surface area contributed by atoms with Crippen LogP contribution in [0.3, 0.4) is 0 Å². The summed E-state index contributed by atoms with van der Waals surface area (Å²) >= 11 is 0. The van der Waals surface area contributed by atoms with Crippen LogP contribution in [0.25, 0.3) is 0 Å². The first-order valence-electron chi connectivity index (χ1n) is 11.4. The Morgan fingerprint density at radius 1 is 0.675 bits per heavy atom. The first-order chi connectivity index (χ1) is 18.8. The minimum atomic E-state index is -4.61. The zero-order valence-corrected chi connectivity index (χ0v) is 20.2. The lowest BCUT2D eigenvalue weighted by Crippen LogP contribution is -2.31. The number of carbonyl (C=O) groups is 3. The molecule has 2 N–H and O–H groups in total. The summed E-state index contributed by atoms with van der Waals surface area (Å²) in [6.07, 6.45) is -8.15. The molecule has 0 atom stereocenters. The van der Waals surface area contributed by atoms with Gasteiger partial charge in [-0.05, 0) is 54.1 Å². The van der Waals surface area contributed by atoms with E-state index >= 15 is 0 Å². The molecule has 40 heavy (non-hydrogen) atoms. The van der Waals surface area contributed by atoms with Gasteiger partial charge in [0.25, 0.3) is 17.7 Å². The number of hydrogen-bond acceptors (Lipinski definition) is 4. The molecule has 7 nitrogen and oxygen atoms in total. The van der Waals surface area contributed by atoms with E-state index in [1.807, 2.05) is 5.32 Å². The molecule has 0 radical (unpaired) electrons. The molecule has 0 aliphatic heterocycles. The number of amides is 3. The number of nitrogens with one attached hydrogen (secondary N) is 2. The van der Waals surface area contributed by atoms with E-state index in [9.17, 15) is 40.7 Å². The van der Waals surface area contributed by atoms with Crippen LogP contribution in [0.4, 0.5) is 32.2 Å². The average Bonchev–Trinajstić information content (AvgIpc) is 3.30. The van der Waals surface area contributed by atoms with E-state index in [0.29, 0.717) is 12.1 Å². The van der Waals surface area contributed by atoms with E-state index < -0.39 is 41.2 Å². The molecule has 0 bridgehead atoms. The highest BCUT2D eigenvalue weighted by atomic mass is 19.4. The van der Waals surface area contributed by atoms with Crippen molar-refractivity contribution in [3.05, 3.63) is 118 Å². The zero-order valence-electron chi connectivity index (χ0n) is 20.2. The number of benzene rings is 3. The van der Waals surface area contributed by atoms with Crippen molar-refractivity contribution >= 4 is 23.5 Å². The number of imide groups is 1. The van der Waals surface area contributed by atoms with Crippen molar-refractivity contribution in [1.29, 1.82) is 0 Å². The van der Waals surface area contributed by atoms with Gasteiger partial charge >= 0.3 is 12.4 Å². The predicted octanol–water partition coefficient (Wildman–Crippen LogP) is 5.79. The van der Waals surface area contributed by atoms with Gasteiger partial charge < -0.3 is 5.32 Å². The standard InChI is InChI=1S/C27H18F6N4O3/c28-26(29,30)19-10-6-17(7-11-19)23(38)35-22-21(14-34-37(22)15-16-4-2-1-3-5-16)25(40)36-24(39)18-8-12-20(13-9-18)27(31,32)33/h1-14H,15H2,(H,35,38)(H,36,39,40). The Bertz CT molecular complexity index is 1530. The fourth-order valence-corrected chi connectivity index (χ4v) is 3.60. The topological polar surface area (TPSA) is 93.1 Å². The Morgan fingerprint density at radius 2 is 1.18 bits per heavy atom. The summed E-state index contributed by atoms with van der Waals surface area (Å²) in [4.78, 5) is 38.4. The highest BCUT2D eigenvalue weighted by Crippen LogP contribution is 2.30. The van der Waals surface area contributed by atoms with Crippen LogP contribution in [0, 0.1) is 0 Å². The first kappa shape index (κ1) is 28.1. The van der Waals surface area contributed by atoms with Crippen LogP contribution in [0.1, 0.15) is 47.8 Å². The predicted molar refractivity (Wildman–Crippen MR) is 130 cm³/mol. The van der Waals surface area contributed by atoms with E-state index in [2.05, 4.69) is 10.4 Å². The smallest absolute Gasteiger partial charge is 0.306 e. The molecular formula is C27H18F6N4O3. The SMILES string of the molecule is O=C(NC(=O)c1cnn(Cc2ccccc2)c1NC(=O)c1ccc(C(F)(F)F)cc1)c1ccc(C(F)(F)F)cc1. The van der Waals surface area contributed by atoms with Crippen LogP contribution in [0.2, 0.25) is 0 Å². The number of rotatable bonds is 6. The van der Waals surface area contributed by atoms with Crippen molar-refractivity contribution in [1.82, 2.24) is 15.1 Å². The molecule has 4 aromatic rings. The van der Waals surface area contributed by atoms with Gasteiger partial charge in [-0.2, -0.15) is 31.4 Å². The fourth-order valence-electron chi connectivity index (χ4n) is 3.60. The molecule has 206 valence electrons. The van der Waals surface area contributed by atoms with E-state index in [1.165, 1.54) is 4.68 Å². The van der Waals surface area contributed by atoms with Crippen molar-refractivity contribution in [3.8, 4) is 0 Å². The molecule has 3 aromatic carbocycles. The van der Waals surface area contributed by atoms with Gasteiger partial charge in [0.05, 0.1) is 23.9 Å². The number of hydrogen-bond donors (Lipinski definition) is 2. The molecular weight excluding hydrogens is 542 g/mol. The highest BCUT2D eigenvalue weighted by Gasteiger charge is 2.31. The maximum atomic E-state index is 13.0. The number of alkyl halides is 6. The molecule has 0 fully saturated rings. The van der Waals surface area contributed by atoms with Gasteiger partial charge in [-0.1, -0.05) is 30.3 Å². The van der Waals surface area contributed by atoms with Gasteiger partial charge in [0.15, 0.2) is 0 Å². The van der Waals surface area contributed by atoms with E-state index in [-0.39, 0.29) is 29.1 Å². The normalized spacial score (nSPS) is 11.7. The molecule has 0 unspecified atom stereocenters. The number of aromatic nitrogens is 2. The minimum absolute atomic E-state index is 0.0730. The molecule has 1 heterocycles. The third kappa shape index (κ3) is 6.54. The Hall–Kier alpha value is -4.94. The minimum Gasteiger partial charge on any atom is -0.306 e. The van der Waals surface area contributed by atoms with Crippen LogP contribution in [0.5, 0.6) is 0 Å². The monoisotopic (exact) mass is 560 g/mol. The lowest BCUT2D eigenvalue weighted by Gasteiger charge is -2.12. The van der Waals surface area contributed by atoms with Crippen molar-refractivity contribution in [2.75, 3.05) is 5.32 Å². The van der Waals surface area contributed by atoms with Crippen LogP contribution in [0.15, 0.2) is 85.1 Å². The van der Waals surface area contributed by atoms with Gasteiger partial charge in [0.1, 0.15) is 11.4 Å². The summed E-state index contributed by atoms with van der Waals surface area (Å²) in [7, 11) is 0. The summed E-state index contributed by atoms with van der Waals surface area (Å²) in [6.45, 7) is 0.0730. The fraction of sp³-hybridized carbons (Fsp3) is 0.111. The Balaban J connectivity index is 1.59. The number of carbonyl (C=O) groups excluding carboxylic acids is 3. The lowest BCUT2D eigenvalue weighted by molar-refractivity contribution is -0.138. The molecule has 0 saturated carbocycles. The molecule has 0 saturated heterocycles. The average molecular weight is 560 g/mol. The van der Waals surface area contributed by atoms with Crippen LogP contribution in [-0.2, 0) is 18.9 Å². The second kappa shape index (κ2) is 11.0. The van der Waals surface area contributed by atoms with Crippen molar-refractivity contribution in [2.45, 2.75) is 18.9 Å². The van der Waals surface area contributed by atoms with Gasteiger partial charge in [-0.25, -0.2) is 4.68 Å². The number of halogens is 6. The maximum absolute atomic E-state index is 13.0.